The van der Waals surface area contributed by atoms with Crippen LogP contribution in [0.3, 0.4) is 0 Å². The summed E-state index contributed by atoms with van der Waals surface area (Å²) < 4.78 is 20.2. The summed E-state index contributed by atoms with van der Waals surface area (Å²) in [6.07, 6.45) is 0. The molecule has 26 heavy (non-hydrogen) atoms. The number of hydrogen-bond acceptors (Lipinski definition) is 3. The average molecular weight is 455 g/mol. The van der Waals surface area contributed by atoms with Gasteiger partial charge in [-0.1, -0.05) is 27.5 Å². The van der Waals surface area contributed by atoms with Crippen molar-refractivity contribution in [3.05, 3.63) is 79.2 Å². The first kappa shape index (κ1) is 18.9. The number of aryl methyl sites for hydroxylation is 1. The number of carbonyl (C=O) groups excluding carboxylic acids is 1. The summed E-state index contributed by atoms with van der Waals surface area (Å²) in [6.45, 7) is 2.24. The van der Waals surface area contributed by atoms with Crippen molar-refractivity contribution in [1.29, 1.82) is 0 Å². The average Bonchev–Trinajstić information content (AvgIpc) is 3.07. The van der Waals surface area contributed by atoms with Crippen molar-refractivity contribution in [2.75, 3.05) is 5.32 Å². The molecule has 0 spiro atoms. The van der Waals surface area contributed by atoms with E-state index in [9.17, 15) is 9.18 Å². The van der Waals surface area contributed by atoms with E-state index in [-0.39, 0.29) is 11.6 Å². The lowest BCUT2D eigenvalue weighted by Gasteiger charge is -2.06. The first-order valence-electron chi connectivity index (χ1n) is 7.65. The van der Waals surface area contributed by atoms with Gasteiger partial charge in [-0.15, -0.1) is 11.3 Å². The number of nitrogens with one attached hydrogen (secondary N) is 1. The van der Waals surface area contributed by atoms with Gasteiger partial charge in [-0.2, -0.15) is 0 Å². The molecule has 2 aromatic carbocycles. The molecular formula is C19H14BrClFNO2S. The SMILES string of the molecule is Cc1cc(OCc2csc(C(=O)Nc3ccc(Br)cc3F)c2)ccc1Cl. The molecule has 0 saturated carbocycles. The standard InChI is InChI=1S/C19H14BrClFNO2S/c1-11-6-14(3-4-15(11)21)25-9-12-7-18(26-10-12)19(24)23-17-5-2-13(20)8-16(17)22/h2-8,10H,9H2,1H3,(H,23,24). The van der Waals surface area contributed by atoms with Crippen molar-refractivity contribution >= 4 is 50.5 Å². The lowest BCUT2D eigenvalue weighted by Crippen LogP contribution is -2.11. The molecule has 0 aliphatic carbocycles. The van der Waals surface area contributed by atoms with Crippen molar-refractivity contribution < 1.29 is 13.9 Å². The minimum atomic E-state index is -0.494. The molecule has 0 bridgehead atoms. The maximum atomic E-state index is 13.8. The van der Waals surface area contributed by atoms with Gasteiger partial charge in [-0.05, 0) is 60.3 Å². The van der Waals surface area contributed by atoms with Gasteiger partial charge in [0.15, 0.2) is 0 Å². The Morgan fingerprint density at radius 2 is 2.08 bits per heavy atom. The normalized spacial score (nSPS) is 10.6. The first-order valence-corrected chi connectivity index (χ1v) is 9.70. The van der Waals surface area contributed by atoms with E-state index in [1.807, 2.05) is 18.4 Å². The number of thiophene rings is 1. The maximum Gasteiger partial charge on any atom is 0.265 e. The fourth-order valence-corrected chi connectivity index (χ4v) is 3.46. The van der Waals surface area contributed by atoms with E-state index in [0.717, 1.165) is 11.1 Å². The summed E-state index contributed by atoms with van der Waals surface area (Å²) in [6, 6.07) is 11.7. The molecule has 0 aliphatic heterocycles. The summed E-state index contributed by atoms with van der Waals surface area (Å²) in [7, 11) is 0. The molecule has 3 rings (SSSR count). The number of anilines is 1. The third-order valence-electron chi connectivity index (χ3n) is 3.59. The van der Waals surface area contributed by atoms with Gasteiger partial charge in [-0.3, -0.25) is 4.79 Å². The zero-order chi connectivity index (χ0) is 18.7. The van der Waals surface area contributed by atoms with Gasteiger partial charge in [0.05, 0.1) is 10.6 Å². The number of rotatable bonds is 5. The molecule has 3 nitrogen and oxygen atoms in total. The van der Waals surface area contributed by atoms with Gasteiger partial charge in [0, 0.05) is 15.1 Å². The highest BCUT2D eigenvalue weighted by Crippen LogP contribution is 2.24. The van der Waals surface area contributed by atoms with Crippen LogP contribution in [0.15, 0.2) is 52.3 Å². The van der Waals surface area contributed by atoms with E-state index in [1.165, 1.54) is 23.5 Å². The molecule has 1 aromatic heterocycles. The van der Waals surface area contributed by atoms with E-state index in [0.29, 0.717) is 26.7 Å². The number of halogens is 3. The first-order chi connectivity index (χ1) is 12.4. The van der Waals surface area contributed by atoms with Crippen LogP contribution < -0.4 is 10.1 Å². The van der Waals surface area contributed by atoms with Crippen LogP contribution in [0.25, 0.3) is 0 Å². The van der Waals surface area contributed by atoms with Crippen molar-refractivity contribution in [1.82, 2.24) is 0 Å². The second-order valence-electron chi connectivity index (χ2n) is 5.60. The summed E-state index contributed by atoms with van der Waals surface area (Å²) in [5, 5.41) is 5.10. The van der Waals surface area contributed by atoms with E-state index in [4.69, 9.17) is 16.3 Å². The molecule has 1 N–H and O–H groups in total. The molecule has 0 radical (unpaired) electrons. The van der Waals surface area contributed by atoms with Gasteiger partial charge in [0.2, 0.25) is 0 Å². The van der Waals surface area contributed by atoms with Crippen molar-refractivity contribution in [3.8, 4) is 5.75 Å². The van der Waals surface area contributed by atoms with Gasteiger partial charge in [-0.25, -0.2) is 4.39 Å². The van der Waals surface area contributed by atoms with E-state index >= 15 is 0 Å². The van der Waals surface area contributed by atoms with Crippen LogP contribution in [0.1, 0.15) is 20.8 Å². The highest BCUT2D eigenvalue weighted by atomic mass is 79.9. The molecule has 1 amide bonds. The van der Waals surface area contributed by atoms with Crippen LogP contribution in [0, 0.1) is 12.7 Å². The lowest BCUT2D eigenvalue weighted by atomic mass is 10.2. The Hall–Kier alpha value is -1.89. The topological polar surface area (TPSA) is 38.3 Å². The molecule has 134 valence electrons. The van der Waals surface area contributed by atoms with Gasteiger partial charge < -0.3 is 10.1 Å². The van der Waals surface area contributed by atoms with E-state index in [2.05, 4.69) is 21.2 Å². The zero-order valence-electron chi connectivity index (χ0n) is 13.7. The van der Waals surface area contributed by atoms with E-state index in [1.54, 1.807) is 24.3 Å². The number of amides is 1. The van der Waals surface area contributed by atoms with Crippen molar-refractivity contribution in [3.63, 3.8) is 0 Å². The molecule has 0 atom stereocenters. The predicted molar refractivity (Wildman–Crippen MR) is 107 cm³/mol. The van der Waals surface area contributed by atoms with Crippen LogP contribution in [0.2, 0.25) is 5.02 Å². The Balaban J connectivity index is 1.63. The van der Waals surface area contributed by atoms with Gasteiger partial charge >= 0.3 is 0 Å². The molecule has 1 heterocycles. The Morgan fingerprint density at radius 3 is 2.81 bits per heavy atom. The number of ether oxygens (including phenoxy) is 1. The molecule has 0 saturated heterocycles. The molecular weight excluding hydrogens is 441 g/mol. The highest BCUT2D eigenvalue weighted by Gasteiger charge is 2.12. The minimum Gasteiger partial charge on any atom is -0.489 e. The molecule has 3 aromatic rings. The zero-order valence-corrected chi connectivity index (χ0v) is 16.8. The lowest BCUT2D eigenvalue weighted by molar-refractivity contribution is 0.103. The molecule has 0 aliphatic rings. The quantitative estimate of drug-likeness (QED) is 0.481. The number of benzene rings is 2. The van der Waals surface area contributed by atoms with Crippen LogP contribution in [-0.4, -0.2) is 5.91 Å². The minimum absolute atomic E-state index is 0.140. The Labute approximate surface area is 167 Å². The highest BCUT2D eigenvalue weighted by molar-refractivity contribution is 9.10. The summed E-state index contributed by atoms with van der Waals surface area (Å²) in [5.41, 5.74) is 1.94. The van der Waals surface area contributed by atoms with E-state index < -0.39 is 5.82 Å². The second-order valence-corrected chi connectivity index (χ2v) is 7.83. The molecule has 0 unspecified atom stereocenters. The second kappa shape index (κ2) is 8.20. The summed E-state index contributed by atoms with van der Waals surface area (Å²) >= 11 is 10.5. The Kier molecular flexibility index (Phi) is 5.96. The fourth-order valence-electron chi connectivity index (χ4n) is 2.22. The smallest absolute Gasteiger partial charge is 0.265 e. The summed E-state index contributed by atoms with van der Waals surface area (Å²) in [4.78, 5) is 12.8. The summed E-state index contributed by atoms with van der Waals surface area (Å²) in [5.74, 6) is -0.142. The monoisotopic (exact) mass is 453 g/mol. The van der Waals surface area contributed by atoms with Crippen molar-refractivity contribution in [2.45, 2.75) is 13.5 Å². The third kappa shape index (κ3) is 4.63. The maximum absolute atomic E-state index is 13.8. The Bertz CT molecular complexity index is 960. The largest absolute Gasteiger partial charge is 0.489 e. The Morgan fingerprint density at radius 1 is 1.27 bits per heavy atom. The number of hydrogen-bond donors (Lipinski definition) is 1. The van der Waals surface area contributed by atoms with Crippen LogP contribution in [0.4, 0.5) is 10.1 Å². The van der Waals surface area contributed by atoms with Gasteiger partial charge in [0.25, 0.3) is 5.91 Å². The van der Waals surface area contributed by atoms with Gasteiger partial charge in [0.1, 0.15) is 18.2 Å². The van der Waals surface area contributed by atoms with Crippen LogP contribution in [0.5, 0.6) is 5.75 Å². The number of carbonyl (C=O) groups is 1. The van der Waals surface area contributed by atoms with Crippen LogP contribution >= 0.6 is 38.9 Å². The molecule has 0 fully saturated rings. The molecule has 7 heteroatoms. The van der Waals surface area contributed by atoms with Crippen molar-refractivity contribution in [2.24, 2.45) is 0 Å². The fraction of sp³-hybridized carbons (Fsp3) is 0.105. The predicted octanol–water partition coefficient (Wildman–Crippen LogP) is 6.44. The van der Waals surface area contributed by atoms with Crippen LogP contribution in [-0.2, 0) is 6.61 Å². The third-order valence-corrected chi connectivity index (χ3v) is 5.49.